The summed E-state index contributed by atoms with van der Waals surface area (Å²) in [6.07, 6.45) is -1.15. The number of ether oxygens (including phenoxy) is 1. The van der Waals surface area contributed by atoms with Crippen molar-refractivity contribution < 1.29 is 28.3 Å². The average Bonchev–Trinajstić information content (AvgIpc) is 2.92. The van der Waals surface area contributed by atoms with Crippen molar-refractivity contribution in [3.8, 4) is 0 Å². The Hall–Kier alpha value is -3.35. The van der Waals surface area contributed by atoms with E-state index in [-0.39, 0.29) is 16.7 Å². The highest BCUT2D eigenvalue weighted by atomic mass is 19.1. The molecule has 0 aromatic heterocycles. The molecule has 0 N–H and O–H groups in total. The topological polar surface area (TPSA) is 80.8 Å². The number of ketones is 1. The first-order valence-corrected chi connectivity index (χ1v) is 8.28. The molecule has 27 heavy (non-hydrogen) atoms. The standard InChI is InChI=1S/C20H16FNO5/c1-11(22-18(24)15-5-3-4-6-16(15)19(22)25)20(26)27-12(2)17(23)13-7-9-14(21)10-8-13/h3-12H,1-2H3. The van der Waals surface area contributed by atoms with Crippen LogP contribution in [0, 0.1) is 5.82 Å². The lowest BCUT2D eigenvalue weighted by Crippen LogP contribution is -2.45. The van der Waals surface area contributed by atoms with Crippen molar-refractivity contribution in [2.45, 2.75) is 26.0 Å². The number of hydrogen-bond donors (Lipinski definition) is 0. The van der Waals surface area contributed by atoms with Gasteiger partial charge in [0.25, 0.3) is 11.8 Å². The minimum absolute atomic E-state index is 0.185. The molecule has 2 aromatic carbocycles. The second-order valence-electron chi connectivity index (χ2n) is 6.15. The Balaban J connectivity index is 1.71. The lowest BCUT2D eigenvalue weighted by molar-refractivity contribution is -0.150. The fourth-order valence-electron chi connectivity index (χ4n) is 2.84. The molecular weight excluding hydrogens is 353 g/mol. The molecule has 1 aliphatic heterocycles. The Morgan fingerprint density at radius 1 is 0.926 bits per heavy atom. The van der Waals surface area contributed by atoms with Crippen LogP contribution >= 0.6 is 0 Å². The molecule has 0 bridgehead atoms. The van der Waals surface area contributed by atoms with Crippen LogP contribution in [0.25, 0.3) is 0 Å². The quantitative estimate of drug-likeness (QED) is 0.460. The maximum absolute atomic E-state index is 13.0. The Bertz CT molecular complexity index is 903. The molecule has 0 aliphatic carbocycles. The van der Waals surface area contributed by atoms with Crippen LogP contribution in [0.1, 0.15) is 44.9 Å². The van der Waals surface area contributed by atoms with Crippen LogP contribution in [-0.4, -0.2) is 40.6 Å². The molecule has 1 aliphatic rings. The van der Waals surface area contributed by atoms with Crippen molar-refractivity contribution >= 4 is 23.6 Å². The van der Waals surface area contributed by atoms with Crippen LogP contribution < -0.4 is 0 Å². The Labute approximate surface area is 154 Å². The van der Waals surface area contributed by atoms with Crippen molar-refractivity contribution in [1.29, 1.82) is 0 Å². The second-order valence-corrected chi connectivity index (χ2v) is 6.15. The van der Waals surface area contributed by atoms with E-state index in [1.54, 1.807) is 12.1 Å². The van der Waals surface area contributed by atoms with Crippen LogP contribution in [0.3, 0.4) is 0 Å². The molecule has 2 aromatic rings. The maximum atomic E-state index is 13.0. The van der Waals surface area contributed by atoms with Crippen LogP contribution in [0.4, 0.5) is 4.39 Å². The number of benzene rings is 2. The third-order valence-electron chi connectivity index (χ3n) is 4.34. The minimum Gasteiger partial charge on any atom is -0.453 e. The van der Waals surface area contributed by atoms with Gasteiger partial charge in [-0.2, -0.15) is 0 Å². The highest BCUT2D eigenvalue weighted by Crippen LogP contribution is 2.25. The van der Waals surface area contributed by atoms with E-state index in [4.69, 9.17) is 4.74 Å². The van der Waals surface area contributed by atoms with Gasteiger partial charge in [-0.3, -0.25) is 19.3 Å². The summed E-state index contributed by atoms with van der Waals surface area (Å²) in [5.41, 5.74) is 0.625. The van der Waals surface area contributed by atoms with Gasteiger partial charge in [0.15, 0.2) is 6.10 Å². The third kappa shape index (κ3) is 3.36. The molecule has 138 valence electrons. The number of fused-ring (bicyclic) bond motifs is 1. The molecule has 2 atom stereocenters. The molecule has 6 nitrogen and oxygen atoms in total. The Morgan fingerprint density at radius 3 is 1.96 bits per heavy atom. The number of nitrogens with zero attached hydrogens (tertiary/aromatic N) is 1. The smallest absolute Gasteiger partial charge is 0.329 e. The number of amides is 2. The van der Waals surface area contributed by atoms with E-state index in [2.05, 4.69) is 0 Å². The largest absolute Gasteiger partial charge is 0.453 e. The summed E-state index contributed by atoms with van der Waals surface area (Å²) in [7, 11) is 0. The summed E-state index contributed by atoms with van der Waals surface area (Å²) < 4.78 is 18.1. The molecule has 0 saturated carbocycles. The number of halogens is 1. The van der Waals surface area contributed by atoms with E-state index in [9.17, 15) is 23.6 Å². The van der Waals surface area contributed by atoms with E-state index in [0.717, 1.165) is 17.0 Å². The van der Waals surface area contributed by atoms with Gasteiger partial charge in [0.05, 0.1) is 11.1 Å². The van der Waals surface area contributed by atoms with Gasteiger partial charge in [0.1, 0.15) is 11.9 Å². The van der Waals surface area contributed by atoms with Gasteiger partial charge in [-0.25, -0.2) is 9.18 Å². The lowest BCUT2D eigenvalue weighted by Gasteiger charge is -2.22. The zero-order valence-electron chi connectivity index (χ0n) is 14.6. The van der Waals surface area contributed by atoms with Gasteiger partial charge in [-0.05, 0) is 50.2 Å². The highest BCUT2D eigenvalue weighted by Gasteiger charge is 2.41. The summed E-state index contributed by atoms with van der Waals surface area (Å²) in [5, 5.41) is 0. The third-order valence-corrected chi connectivity index (χ3v) is 4.34. The van der Waals surface area contributed by atoms with Crippen molar-refractivity contribution in [1.82, 2.24) is 4.90 Å². The number of imide groups is 1. The minimum atomic E-state index is -1.19. The molecule has 0 saturated heterocycles. The first-order valence-electron chi connectivity index (χ1n) is 8.28. The predicted molar refractivity (Wildman–Crippen MR) is 92.7 cm³/mol. The monoisotopic (exact) mass is 369 g/mol. The van der Waals surface area contributed by atoms with Gasteiger partial charge in [0.2, 0.25) is 5.78 Å². The molecule has 2 unspecified atom stereocenters. The predicted octanol–water partition coefficient (Wildman–Crippen LogP) is 2.62. The normalized spacial score (nSPS) is 15.3. The number of carbonyl (C=O) groups is 4. The van der Waals surface area contributed by atoms with Gasteiger partial charge in [-0.1, -0.05) is 12.1 Å². The molecule has 0 spiro atoms. The SMILES string of the molecule is CC(OC(=O)C(C)N1C(=O)c2ccccc2C1=O)C(=O)c1ccc(F)cc1. The van der Waals surface area contributed by atoms with Gasteiger partial charge in [0, 0.05) is 5.56 Å². The first kappa shape index (κ1) is 18.4. The number of Topliss-reactive ketones (excluding diaryl/α,β-unsaturated/α-hetero) is 1. The van der Waals surface area contributed by atoms with Gasteiger partial charge in [-0.15, -0.1) is 0 Å². The van der Waals surface area contributed by atoms with Crippen LogP contribution in [0.15, 0.2) is 48.5 Å². The molecule has 0 radical (unpaired) electrons. The van der Waals surface area contributed by atoms with Crippen molar-refractivity contribution in [3.63, 3.8) is 0 Å². The van der Waals surface area contributed by atoms with Crippen LogP contribution in [0.5, 0.6) is 0 Å². The fraction of sp³-hybridized carbons (Fsp3) is 0.200. The summed E-state index contributed by atoms with van der Waals surface area (Å²) in [4.78, 5) is 50.4. The molecule has 2 amide bonds. The van der Waals surface area contributed by atoms with Crippen molar-refractivity contribution in [3.05, 3.63) is 71.0 Å². The summed E-state index contributed by atoms with van der Waals surface area (Å²) in [5.74, 6) is -3.06. The fourth-order valence-corrected chi connectivity index (χ4v) is 2.84. The van der Waals surface area contributed by atoms with E-state index >= 15 is 0 Å². The van der Waals surface area contributed by atoms with E-state index in [1.807, 2.05) is 0 Å². The molecule has 1 heterocycles. The van der Waals surface area contributed by atoms with Crippen LogP contribution in [0.2, 0.25) is 0 Å². The number of carbonyl (C=O) groups excluding carboxylic acids is 4. The summed E-state index contributed by atoms with van der Waals surface area (Å²) >= 11 is 0. The zero-order valence-corrected chi connectivity index (χ0v) is 14.6. The zero-order chi connectivity index (χ0) is 19.7. The summed E-state index contributed by atoms with van der Waals surface area (Å²) in [6, 6.07) is 9.90. The van der Waals surface area contributed by atoms with E-state index in [0.29, 0.717) is 0 Å². The lowest BCUT2D eigenvalue weighted by atomic mass is 10.1. The Morgan fingerprint density at radius 2 is 1.44 bits per heavy atom. The molecule has 7 heteroatoms. The van der Waals surface area contributed by atoms with Gasteiger partial charge >= 0.3 is 5.97 Å². The average molecular weight is 369 g/mol. The van der Waals surface area contributed by atoms with Gasteiger partial charge < -0.3 is 4.74 Å². The number of esters is 1. The second kappa shape index (κ2) is 7.11. The molecule has 3 rings (SSSR count). The first-order chi connectivity index (χ1) is 12.8. The molecule has 0 fully saturated rings. The highest BCUT2D eigenvalue weighted by molar-refractivity contribution is 6.22. The molecular formula is C20H16FNO5. The van der Waals surface area contributed by atoms with E-state index in [1.165, 1.54) is 38.1 Å². The van der Waals surface area contributed by atoms with Crippen molar-refractivity contribution in [2.75, 3.05) is 0 Å². The number of rotatable bonds is 5. The Kier molecular flexibility index (Phi) is 4.85. The number of hydrogen-bond acceptors (Lipinski definition) is 5. The van der Waals surface area contributed by atoms with Crippen molar-refractivity contribution in [2.24, 2.45) is 0 Å². The maximum Gasteiger partial charge on any atom is 0.329 e. The van der Waals surface area contributed by atoms with E-state index < -0.39 is 41.5 Å². The van der Waals surface area contributed by atoms with Crippen LogP contribution in [-0.2, 0) is 9.53 Å². The summed E-state index contributed by atoms with van der Waals surface area (Å²) in [6.45, 7) is 2.73.